The number of ether oxygens (including phenoxy) is 1. The number of benzene rings is 1. The molecule has 1 N–H and O–H groups in total. The molecular weight excluding hydrogens is 284 g/mol. The lowest BCUT2D eigenvalue weighted by Crippen LogP contribution is -2.26. The average Bonchev–Trinajstić information content (AvgIpc) is 2.96. The molecule has 21 heavy (non-hydrogen) atoms. The zero-order valence-corrected chi connectivity index (χ0v) is 13.6. The Morgan fingerprint density at radius 3 is 2.95 bits per heavy atom. The normalized spacial score (nSPS) is 16.5. The van der Waals surface area contributed by atoms with Gasteiger partial charge in [0.25, 0.3) is 5.91 Å². The molecule has 1 aliphatic heterocycles. The van der Waals surface area contributed by atoms with Crippen LogP contribution in [0, 0.1) is 6.92 Å². The summed E-state index contributed by atoms with van der Waals surface area (Å²) in [7, 11) is 0. The minimum absolute atomic E-state index is 0.00685. The molecule has 1 aliphatic rings. The summed E-state index contributed by atoms with van der Waals surface area (Å²) in [4.78, 5) is 11.8. The van der Waals surface area contributed by atoms with Gasteiger partial charge in [0.05, 0.1) is 0 Å². The van der Waals surface area contributed by atoms with E-state index in [0.29, 0.717) is 5.92 Å². The van der Waals surface area contributed by atoms with Crippen molar-refractivity contribution in [1.82, 2.24) is 5.43 Å². The van der Waals surface area contributed by atoms with Crippen molar-refractivity contribution in [1.29, 1.82) is 0 Å². The molecular formula is C16H22N2O2S. The van der Waals surface area contributed by atoms with E-state index in [0.717, 1.165) is 40.5 Å². The molecule has 1 aromatic carbocycles. The number of nitrogens with zero attached hydrogens (tertiary/aromatic N) is 1. The zero-order chi connectivity index (χ0) is 15.2. The van der Waals surface area contributed by atoms with Gasteiger partial charge < -0.3 is 4.74 Å². The predicted molar refractivity (Wildman–Crippen MR) is 88.3 cm³/mol. The molecule has 1 amide bonds. The van der Waals surface area contributed by atoms with Crippen molar-refractivity contribution in [3.63, 3.8) is 0 Å². The van der Waals surface area contributed by atoms with Crippen LogP contribution < -0.4 is 10.2 Å². The number of thioether (sulfide) groups is 1. The Morgan fingerprint density at radius 1 is 1.48 bits per heavy atom. The van der Waals surface area contributed by atoms with Crippen LogP contribution in [0.2, 0.25) is 0 Å². The maximum atomic E-state index is 11.8. The van der Waals surface area contributed by atoms with Crippen LogP contribution in [0.15, 0.2) is 23.3 Å². The Bertz CT molecular complexity index is 533. The summed E-state index contributed by atoms with van der Waals surface area (Å²) in [5.41, 5.74) is 5.86. The molecule has 0 radical (unpaired) electrons. The van der Waals surface area contributed by atoms with Gasteiger partial charge in [0.2, 0.25) is 0 Å². The molecule has 2 rings (SSSR count). The topological polar surface area (TPSA) is 50.7 Å². The van der Waals surface area contributed by atoms with E-state index >= 15 is 0 Å². The van der Waals surface area contributed by atoms with Gasteiger partial charge in [-0.05, 0) is 42.2 Å². The van der Waals surface area contributed by atoms with Crippen LogP contribution >= 0.6 is 11.8 Å². The third-order valence-corrected chi connectivity index (χ3v) is 4.32. The summed E-state index contributed by atoms with van der Waals surface area (Å²) in [6.07, 6.45) is 0.960. The SMILES string of the molecule is Cc1ccc(C(C)C)c(OCC(=O)N/N=C2/CCSC2)c1. The van der Waals surface area contributed by atoms with E-state index in [9.17, 15) is 4.79 Å². The Labute approximate surface area is 130 Å². The molecule has 4 nitrogen and oxygen atoms in total. The first-order valence-electron chi connectivity index (χ1n) is 7.21. The van der Waals surface area contributed by atoms with Crippen LogP contribution in [0.25, 0.3) is 0 Å². The Hall–Kier alpha value is -1.49. The van der Waals surface area contributed by atoms with E-state index in [4.69, 9.17) is 4.74 Å². The number of aryl methyl sites for hydroxylation is 1. The monoisotopic (exact) mass is 306 g/mol. The quantitative estimate of drug-likeness (QED) is 0.850. The molecule has 0 bridgehead atoms. The lowest BCUT2D eigenvalue weighted by atomic mass is 10.0. The number of amides is 1. The van der Waals surface area contributed by atoms with Crippen LogP contribution in [0.1, 0.15) is 37.3 Å². The van der Waals surface area contributed by atoms with Gasteiger partial charge in [-0.1, -0.05) is 26.0 Å². The highest BCUT2D eigenvalue weighted by molar-refractivity contribution is 8.00. The third-order valence-electron chi connectivity index (χ3n) is 3.29. The second kappa shape index (κ2) is 7.50. The molecule has 0 spiro atoms. The van der Waals surface area contributed by atoms with Gasteiger partial charge in [-0.2, -0.15) is 16.9 Å². The highest BCUT2D eigenvalue weighted by Crippen LogP contribution is 2.27. The Balaban J connectivity index is 1.91. The van der Waals surface area contributed by atoms with E-state index in [-0.39, 0.29) is 12.5 Å². The van der Waals surface area contributed by atoms with Crippen LogP contribution in [-0.2, 0) is 4.79 Å². The van der Waals surface area contributed by atoms with Crippen molar-refractivity contribution in [2.75, 3.05) is 18.1 Å². The van der Waals surface area contributed by atoms with Crippen molar-refractivity contribution in [2.24, 2.45) is 5.10 Å². The Kier molecular flexibility index (Phi) is 5.67. The van der Waals surface area contributed by atoms with Crippen molar-refractivity contribution in [2.45, 2.75) is 33.1 Å². The number of rotatable bonds is 5. The third kappa shape index (κ3) is 4.77. The smallest absolute Gasteiger partial charge is 0.277 e. The highest BCUT2D eigenvalue weighted by Gasteiger charge is 2.11. The summed E-state index contributed by atoms with van der Waals surface area (Å²) in [6.45, 7) is 6.23. The standard InChI is InChI=1S/C16H22N2O2S/c1-11(2)14-5-4-12(3)8-15(14)20-9-16(19)18-17-13-6-7-21-10-13/h4-5,8,11H,6-7,9-10H2,1-3H3,(H,18,19)/b17-13-. The van der Waals surface area contributed by atoms with E-state index in [1.807, 2.05) is 24.8 Å². The molecule has 1 fully saturated rings. The molecule has 0 aromatic heterocycles. The number of hydrogen-bond acceptors (Lipinski definition) is 4. The van der Waals surface area contributed by atoms with Crippen molar-refractivity contribution >= 4 is 23.4 Å². The molecule has 0 saturated carbocycles. The van der Waals surface area contributed by atoms with E-state index in [1.54, 1.807) is 0 Å². The van der Waals surface area contributed by atoms with Gasteiger partial charge in [0.1, 0.15) is 5.75 Å². The van der Waals surface area contributed by atoms with E-state index in [1.165, 1.54) is 0 Å². The number of hydrogen-bond donors (Lipinski definition) is 1. The number of nitrogens with one attached hydrogen (secondary N) is 1. The summed E-state index contributed by atoms with van der Waals surface area (Å²) < 4.78 is 5.67. The fourth-order valence-corrected chi connectivity index (χ4v) is 3.07. The molecule has 0 atom stereocenters. The molecule has 1 heterocycles. The minimum Gasteiger partial charge on any atom is -0.483 e. The summed E-state index contributed by atoms with van der Waals surface area (Å²) >= 11 is 1.84. The van der Waals surface area contributed by atoms with Crippen LogP contribution in [0.3, 0.4) is 0 Å². The van der Waals surface area contributed by atoms with Crippen molar-refractivity contribution < 1.29 is 9.53 Å². The molecule has 1 aromatic rings. The van der Waals surface area contributed by atoms with Gasteiger partial charge in [-0.25, -0.2) is 5.43 Å². The molecule has 1 saturated heterocycles. The minimum atomic E-state index is -0.212. The average molecular weight is 306 g/mol. The molecule has 0 aliphatic carbocycles. The second-order valence-electron chi connectivity index (χ2n) is 5.50. The fourth-order valence-electron chi connectivity index (χ4n) is 2.10. The molecule has 114 valence electrons. The summed E-state index contributed by atoms with van der Waals surface area (Å²) in [5.74, 6) is 2.93. The lowest BCUT2D eigenvalue weighted by molar-refractivity contribution is -0.123. The lowest BCUT2D eigenvalue weighted by Gasteiger charge is -2.14. The van der Waals surface area contributed by atoms with Gasteiger partial charge in [-0.15, -0.1) is 0 Å². The number of hydrazone groups is 1. The first kappa shape index (κ1) is 15.9. The van der Waals surface area contributed by atoms with E-state index in [2.05, 4.69) is 36.5 Å². The largest absolute Gasteiger partial charge is 0.483 e. The van der Waals surface area contributed by atoms with Gasteiger partial charge in [-0.3, -0.25) is 4.79 Å². The first-order chi connectivity index (χ1) is 10.1. The van der Waals surface area contributed by atoms with Gasteiger partial charge in [0.15, 0.2) is 6.61 Å². The van der Waals surface area contributed by atoms with Gasteiger partial charge >= 0.3 is 0 Å². The van der Waals surface area contributed by atoms with Crippen molar-refractivity contribution in [3.05, 3.63) is 29.3 Å². The van der Waals surface area contributed by atoms with Gasteiger partial charge in [0, 0.05) is 11.5 Å². The Morgan fingerprint density at radius 2 is 2.29 bits per heavy atom. The maximum Gasteiger partial charge on any atom is 0.277 e. The van der Waals surface area contributed by atoms with Crippen LogP contribution in [0.5, 0.6) is 5.75 Å². The summed E-state index contributed by atoms with van der Waals surface area (Å²) in [6, 6.07) is 6.09. The summed E-state index contributed by atoms with van der Waals surface area (Å²) in [5, 5.41) is 4.13. The fraction of sp³-hybridized carbons (Fsp3) is 0.500. The molecule has 5 heteroatoms. The molecule has 0 unspecified atom stereocenters. The van der Waals surface area contributed by atoms with E-state index < -0.39 is 0 Å². The maximum absolute atomic E-state index is 11.8. The highest BCUT2D eigenvalue weighted by atomic mass is 32.2. The number of carbonyl (C=O) groups excluding carboxylic acids is 1. The zero-order valence-electron chi connectivity index (χ0n) is 12.8. The van der Waals surface area contributed by atoms with Crippen molar-refractivity contribution in [3.8, 4) is 5.75 Å². The van der Waals surface area contributed by atoms with Crippen LogP contribution in [0.4, 0.5) is 0 Å². The first-order valence-corrected chi connectivity index (χ1v) is 8.37. The van der Waals surface area contributed by atoms with Crippen LogP contribution in [-0.4, -0.2) is 29.7 Å². The second-order valence-corrected chi connectivity index (χ2v) is 6.61. The predicted octanol–water partition coefficient (Wildman–Crippen LogP) is 3.11. The number of carbonyl (C=O) groups is 1.